The second-order valence-corrected chi connectivity index (χ2v) is 12.9. The molecule has 3 rings (SSSR count). The molecule has 0 bridgehead atoms. The van der Waals surface area contributed by atoms with Gasteiger partial charge < -0.3 is 23.5 Å². The molecular weight excluding hydrogens is 527 g/mol. The minimum Gasteiger partial charge on any atom is -0.496 e. The second kappa shape index (κ2) is 12.7. The Morgan fingerprint density at radius 3 is 1.38 bits per heavy atom. The maximum absolute atomic E-state index is 15.1. The number of carbonyl (C=O) groups excluding carboxylic acids is 2. The first kappa shape index (κ1) is 31.0. The Balaban J connectivity index is 2.54. The molecule has 0 N–H and O–H groups in total. The van der Waals surface area contributed by atoms with Crippen LogP contribution in [-0.2, 0) is 4.57 Å². The van der Waals surface area contributed by atoms with Crippen LogP contribution in [0.25, 0.3) is 0 Å². The Bertz CT molecular complexity index is 1260. The van der Waals surface area contributed by atoms with E-state index >= 15 is 14.2 Å². The molecule has 2 atom stereocenters. The third kappa shape index (κ3) is 5.80. The van der Waals surface area contributed by atoms with Crippen LogP contribution in [-0.4, -0.2) is 45.2 Å². The van der Waals surface area contributed by atoms with Gasteiger partial charge in [0, 0.05) is 5.30 Å². The standard InChI is InChI=1S/C32H39O7P/c1-21(20-31(2,3)4)32(40(35)22-14-10-9-11-15-22,29(33)27-23(36-5)16-12-17-24(27)37-6)30(34)28-25(38-7)18-13-19-26(28)39-8/h9-19,21,40H,20H2,1-8H3. The molecular formula is C32H39O7P. The molecule has 214 valence electrons. The summed E-state index contributed by atoms with van der Waals surface area (Å²) in [5.41, 5.74) is -0.186. The highest BCUT2D eigenvalue weighted by molar-refractivity contribution is 7.57. The van der Waals surface area contributed by atoms with Crippen LogP contribution in [0.1, 0.15) is 54.8 Å². The van der Waals surface area contributed by atoms with E-state index in [2.05, 4.69) is 0 Å². The van der Waals surface area contributed by atoms with Gasteiger partial charge in [0.25, 0.3) is 0 Å². The smallest absolute Gasteiger partial charge is 0.192 e. The maximum atomic E-state index is 15.1. The van der Waals surface area contributed by atoms with E-state index in [9.17, 15) is 0 Å². The lowest BCUT2D eigenvalue weighted by Crippen LogP contribution is -2.51. The van der Waals surface area contributed by atoms with Gasteiger partial charge in [0.05, 0.1) is 28.4 Å². The van der Waals surface area contributed by atoms with Crippen LogP contribution in [0.3, 0.4) is 0 Å². The van der Waals surface area contributed by atoms with Crippen LogP contribution >= 0.6 is 7.80 Å². The van der Waals surface area contributed by atoms with Gasteiger partial charge in [0.2, 0.25) is 0 Å². The Labute approximate surface area is 237 Å². The van der Waals surface area contributed by atoms with E-state index in [1.165, 1.54) is 28.4 Å². The molecule has 40 heavy (non-hydrogen) atoms. The first-order valence-corrected chi connectivity index (χ1v) is 14.5. The molecule has 8 heteroatoms. The Morgan fingerprint density at radius 2 is 1.05 bits per heavy atom. The lowest BCUT2D eigenvalue weighted by molar-refractivity contribution is 0.0762. The normalized spacial score (nSPS) is 13.2. The molecule has 0 spiro atoms. The summed E-state index contributed by atoms with van der Waals surface area (Å²) >= 11 is 0. The zero-order valence-corrected chi connectivity index (χ0v) is 25.5. The molecule has 0 radical (unpaired) electrons. The monoisotopic (exact) mass is 566 g/mol. The van der Waals surface area contributed by atoms with Crippen LogP contribution in [0.2, 0.25) is 0 Å². The second-order valence-electron chi connectivity index (χ2n) is 10.9. The van der Waals surface area contributed by atoms with E-state index in [0.717, 1.165) is 0 Å². The molecule has 2 unspecified atom stereocenters. The average Bonchev–Trinajstić information content (AvgIpc) is 2.95. The number of hydrogen-bond acceptors (Lipinski definition) is 7. The summed E-state index contributed by atoms with van der Waals surface area (Å²) in [6.45, 7) is 7.89. The van der Waals surface area contributed by atoms with Crippen molar-refractivity contribution < 1.29 is 33.1 Å². The number of Topliss-reactive ketones (excluding diaryl/α,β-unsaturated/α-hetero) is 2. The van der Waals surface area contributed by atoms with E-state index in [1.54, 1.807) is 66.7 Å². The van der Waals surface area contributed by atoms with Crippen LogP contribution in [0.5, 0.6) is 23.0 Å². The fourth-order valence-corrected chi connectivity index (χ4v) is 7.58. The van der Waals surface area contributed by atoms with Crippen LogP contribution in [0, 0.1) is 11.3 Å². The van der Waals surface area contributed by atoms with Gasteiger partial charge in [0.1, 0.15) is 41.9 Å². The van der Waals surface area contributed by atoms with Gasteiger partial charge in [0.15, 0.2) is 16.7 Å². The first-order valence-electron chi connectivity index (χ1n) is 13.1. The van der Waals surface area contributed by atoms with E-state index in [0.29, 0.717) is 11.7 Å². The minimum absolute atomic E-state index is 0.0600. The van der Waals surface area contributed by atoms with Crippen molar-refractivity contribution in [1.29, 1.82) is 0 Å². The van der Waals surface area contributed by atoms with E-state index in [-0.39, 0.29) is 39.5 Å². The van der Waals surface area contributed by atoms with E-state index in [4.69, 9.17) is 18.9 Å². The lowest BCUT2D eigenvalue weighted by Gasteiger charge is -2.39. The van der Waals surface area contributed by atoms with Crippen molar-refractivity contribution in [2.75, 3.05) is 28.4 Å². The zero-order valence-electron chi connectivity index (χ0n) is 24.5. The van der Waals surface area contributed by atoms with E-state index in [1.807, 2.05) is 27.7 Å². The fraction of sp³-hybridized carbons (Fsp3) is 0.375. The summed E-state index contributed by atoms with van der Waals surface area (Å²) in [5, 5.41) is -1.62. The maximum Gasteiger partial charge on any atom is 0.192 e. The van der Waals surface area contributed by atoms with Crippen LogP contribution in [0.4, 0.5) is 0 Å². The largest absolute Gasteiger partial charge is 0.496 e. The number of benzene rings is 3. The zero-order chi connectivity index (χ0) is 29.7. The van der Waals surface area contributed by atoms with Gasteiger partial charge in [-0.3, -0.25) is 9.59 Å². The molecule has 0 aliphatic carbocycles. The molecule has 0 amide bonds. The molecule has 3 aromatic rings. The summed E-state index contributed by atoms with van der Waals surface area (Å²) in [4.78, 5) is 30.3. The molecule has 0 saturated heterocycles. The van der Waals surface area contributed by atoms with Gasteiger partial charge in [-0.1, -0.05) is 70.2 Å². The van der Waals surface area contributed by atoms with Crippen molar-refractivity contribution >= 4 is 24.7 Å². The highest BCUT2D eigenvalue weighted by atomic mass is 31.1. The molecule has 0 aliphatic heterocycles. The first-order chi connectivity index (χ1) is 19.0. The molecule has 0 saturated carbocycles. The summed E-state index contributed by atoms with van der Waals surface area (Å²) in [5.74, 6) is -1.06. The molecule has 0 aromatic heterocycles. The summed E-state index contributed by atoms with van der Waals surface area (Å²) in [6, 6.07) is 18.6. The third-order valence-corrected chi connectivity index (χ3v) is 9.60. The molecule has 0 fully saturated rings. The highest BCUT2D eigenvalue weighted by Crippen LogP contribution is 2.54. The summed E-state index contributed by atoms with van der Waals surface area (Å²) in [7, 11) is 2.57. The molecule has 0 heterocycles. The number of methoxy groups -OCH3 is 4. The van der Waals surface area contributed by atoms with Crippen molar-refractivity contribution in [1.82, 2.24) is 0 Å². The average molecular weight is 567 g/mol. The Morgan fingerprint density at radius 1 is 0.675 bits per heavy atom. The quantitative estimate of drug-likeness (QED) is 0.141. The lowest BCUT2D eigenvalue weighted by atomic mass is 9.73. The van der Waals surface area contributed by atoms with Crippen molar-refractivity contribution in [3.63, 3.8) is 0 Å². The SMILES string of the molecule is COc1cccc(OC)c1C(=O)C(C(=O)c1c(OC)cccc1OC)(C(C)CC(C)(C)C)[PH](=O)c1ccccc1. The Kier molecular flexibility index (Phi) is 9.86. The van der Waals surface area contributed by atoms with Gasteiger partial charge >= 0.3 is 0 Å². The predicted molar refractivity (Wildman–Crippen MR) is 159 cm³/mol. The predicted octanol–water partition coefficient (Wildman–Crippen LogP) is 6.48. The van der Waals surface area contributed by atoms with Crippen LogP contribution < -0.4 is 24.3 Å². The highest BCUT2D eigenvalue weighted by Gasteiger charge is 2.58. The summed E-state index contributed by atoms with van der Waals surface area (Å²) < 4.78 is 37.4. The topological polar surface area (TPSA) is 88.1 Å². The third-order valence-electron chi connectivity index (χ3n) is 7.08. The number of ketones is 2. The molecule has 7 nitrogen and oxygen atoms in total. The van der Waals surface area contributed by atoms with Crippen molar-refractivity contribution in [2.45, 2.75) is 39.3 Å². The number of rotatable bonds is 12. The summed E-state index contributed by atoms with van der Waals surface area (Å²) in [6.07, 6.45) is 0.419. The van der Waals surface area contributed by atoms with Crippen molar-refractivity contribution in [3.05, 3.63) is 77.9 Å². The molecule has 0 aliphatic rings. The number of hydrogen-bond donors (Lipinski definition) is 0. The van der Waals surface area contributed by atoms with Gasteiger partial charge in [-0.15, -0.1) is 0 Å². The number of carbonyl (C=O) groups is 2. The number of ether oxygens (including phenoxy) is 4. The van der Waals surface area contributed by atoms with Crippen molar-refractivity contribution in [3.8, 4) is 23.0 Å². The van der Waals surface area contributed by atoms with Gasteiger partial charge in [-0.2, -0.15) is 0 Å². The Hall–Kier alpha value is -3.57. The van der Waals surface area contributed by atoms with E-state index < -0.39 is 30.4 Å². The van der Waals surface area contributed by atoms with Gasteiger partial charge in [-0.25, -0.2) is 0 Å². The minimum atomic E-state index is -3.20. The van der Waals surface area contributed by atoms with Gasteiger partial charge in [-0.05, 0) is 42.0 Å². The molecule has 3 aromatic carbocycles. The van der Waals surface area contributed by atoms with Crippen LogP contribution in [0.15, 0.2) is 66.7 Å². The fourth-order valence-electron chi connectivity index (χ4n) is 5.41. The van der Waals surface area contributed by atoms with Crippen molar-refractivity contribution in [2.24, 2.45) is 11.3 Å².